The molecule has 11 heteroatoms. The van der Waals surface area contributed by atoms with Gasteiger partial charge in [-0.2, -0.15) is 0 Å². The first-order chi connectivity index (χ1) is 22.1. The zero-order chi connectivity index (χ0) is 31.3. The van der Waals surface area contributed by atoms with E-state index in [0.29, 0.717) is 42.7 Å². The van der Waals surface area contributed by atoms with Crippen molar-refractivity contribution in [3.8, 4) is 5.75 Å². The first-order valence-electron chi connectivity index (χ1n) is 15.7. The summed E-state index contributed by atoms with van der Waals surface area (Å²) in [6, 6.07) is 9.73. The largest absolute Gasteiger partial charge is 0.508 e. The monoisotopic (exact) mass is 633 g/mol. The normalized spacial score (nSPS) is 16.7. The quantitative estimate of drug-likeness (QED) is 0.135. The Balaban J connectivity index is 0.000000179. The number of aromatic nitrogens is 5. The van der Waals surface area contributed by atoms with E-state index in [2.05, 4.69) is 47.4 Å². The SMILES string of the molecule is C=CCc1c(O)cccc1CN1CCC(OCc2cnc[nH]2)CC1.Clc1ncccc1CN1CCC(OCc2cnc[nH]2)CC1. The number of aromatic amines is 2. The van der Waals surface area contributed by atoms with Gasteiger partial charge in [-0.15, -0.1) is 6.58 Å². The van der Waals surface area contributed by atoms with E-state index in [1.807, 2.05) is 24.3 Å². The van der Waals surface area contributed by atoms with Gasteiger partial charge in [0, 0.05) is 56.6 Å². The zero-order valence-electron chi connectivity index (χ0n) is 25.8. The van der Waals surface area contributed by atoms with Crippen molar-refractivity contribution in [1.29, 1.82) is 0 Å². The van der Waals surface area contributed by atoms with Crippen LogP contribution >= 0.6 is 11.6 Å². The van der Waals surface area contributed by atoms with Crippen molar-refractivity contribution >= 4 is 11.6 Å². The molecule has 0 spiro atoms. The average molecular weight is 634 g/mol. The Morgan fingerprint density at radius 1 is 0.844 bits per heavy atom. The fraction of sp³-hybridized carbons (Fsp3) is 0.441. The maximum absolute atomic E-state index is 10.1. The third-order valence-electron chi connectivity index (χ3n) is 8.35. The van der Waals surface area contributed by atoms with Crippen LogP contribution in [0.3, 0.4) is 0 Å². The number of likely N-dealkylation sites (tertiary alicyclic amines) is 2. The molecule has 3 aromatic heterocycles. The lowest BCUT2D eigenvalue weighted by atomic mass is 10.0. The molecule has 6 rings (SSSR count). The molecule has 5 heterocycles. The number of benzene rings is 1. The van der Waals surface area contributed by atoms with Gasteiger partial charge in [-0.25, -0.2) is 15.0 Å². The Hall–Kier alpha value is -3.54. The molecule has 0 atom stereocenters. The number of imidazole rings is 2. The van der Waals surface area contributed by atoms with Crippen LogP contribution in [0.15, 0.2) is 74.2 Å². The van der Waals surface area contributed by atoms with Crippen LogP contribution in [0.4, 0.5) is 0 Å². The van der Waals surface area contributed by atoms with Gasteiger partial charge < -0.3 is 24.5 Å². The molecule has 240 valence electrons. The third-order valence-corrected chi connectivity index (χ3v) is 8.69. The van der Waals surface area contributed by atoms with Crippen molar-refractivity contribution in [1.82, 2.24) is 34.7 Å². The van der Waals surface area contributed by atoms with Crippen molar-refractivity contribution in [3.63, 3.8) is 0 Å². The number of hydrogen-bond acceptors (Lipinski definition) is 8. The van der Waals surface area contributed by atoms with Gasteiger partial charge in [0.15, 0.2) is 0 Å². The number of allylic oxidation sites excluding steroid dienone is 1. The Kier molecular flexibility index (Phi) is 12.6. The highest BCUT2D eigenvalue weighted by Crippen LogP contribution is 2.25. The predicted molar refractivity (Wildman–Crippen MR) is 175 cm³/mol. The zero-order valence-corrected chi connectivity index (χ0v) is 26.5. The number of ether oxygens (including phenoxy) is 2. The lowest BCUT2D eigenvalue weighted by Crippen LogP contribution is -2.36. The van der Waals surface area contributed by atoms with Gasteiger partial charge in [-0.05, 0) is 49.8 Å². The molecule has 0 aliphatic carbocycles. The van der Waals surface area contributed by atoms with Gasteiger partial charge in [-0.3, -0.25) is 9.80 Å². The minimum atomic E-state index is 0.307. The summed E-state index contributed by atoms with van der Waals surface area (Å²) in [5.74, 6) is 0.366. The average Bonchev–Trinajstić information content (AvgIpc) is 3.79. The molecule has 0 radical (unpaired) electrons. The fourth-order valence-corrected chi connectivity index (χ4v) is 5.96. The highest BCUT2D eigenvalue weighted by atomic mass is 35.5. The van der Waals surface area contributed by atoms with Gasteiger partial charge in [-0.1, -0.05) is 35.9 Å². The molecule has 1 aromatic carbocycles. The van der Waals surface area contributed by atoms with Crippen LogP contribution < -0.4 is 0 Å². The number of phenols is 1. The van der Waals surface area contributed by atoms with Crippen LogP contribution in [0.1, 0.15) is 53.8 Å². The Morgan fingerprint density at radius 3 is 1.91 bits per heavy atom. The van der Waals surface area contributed by atoms with Crippen molar-refractivity contribution in [2.45, 2.75) is 70.6 Å². The van der Waals surface area contributed by atoms with E-state index in [0.717, 1.165) is 87.5 Å². The molecule has 0 saturated carbocycles. The maximum atomic E-state index is 10.1. The molecule has 2 fully saturated rings. The highest BCUT2D eigenvalue weighted by Gasteiger charge is 2.22. The molecule has 2 aliphatic heterocycles. The maximum Gasteiger partial charge on any atom is 0.133 e. The topological polar surface area (TPSA) is 115 Å². The molecule has 2 aliphatic rings. The minimum absolute atomic E-state index is 0.307. The number of hydrogen-bond donors (Lipinski definition) is 3. The minimum Gasteiger partial charge on any atom is -0.508 e. The van der Waals surface area contributed by atoms with Crippen molar-refractivity contribution in [3.05, 3.63) is 107 Å². The van der Waals surface area contributed by atoms with Crippen LogP contribution in [-0.2, 0) is 42.2 Å². The second-order valence-electron chi connectivity index (χ2n) is 11.6. The number of phenolic OH excluding ortho intramolecular Hbond substituents is 1. The number of nitrogens with zero attached hydrogens (tertiary/aromatic N) is 5. The van der Waals surface area contributed by atoms with Gasteiger partial charge in [0.1, 0.15) is 10.9 Å². The van der Waals surface area contributed by atoms with Crippen molar-refractivity contribution in [2.75, 3.05) is 26.2 Å². The summed E-state index contributed by atoms with van der Waals surface area (Å²) >= 11 is 6.11. The van der Waals surface area contributed by atoms with E-state index in [-0.39, 0.29) is 0 Å². The number of piperidine rings is 2. The van der Waals surface area contributed by atoms with Crippen molar-refractivity contribution < 1.29 is 14.6 Å². The fourth-order valence-electron chi connectivity index (χ4n) is 5.78. The molecular formula is C34H44ClN7O3. The first kappa shape index (κ1) is 32.8. The Labute approximate surface area is 270 Å². The summed E-state index contributed by atoms with van der Waals surface area (Å²) in [5, 5.41) is 10.7. The summed E-state index contributed by atoms with van der Waals surface area (Å²) in [5.41, 5.74) is 5.32. The standard InChI is InChI=1S/C19H25N3O2.C15H19ClN4O/c1-2-4-18-15(5-3-6-19(18)23)12-22-9-7-17(8-10-22)24-13-16-11-20-14-21-16;16-15-12(2-1-5-18-15)9-20-6-3-14(4-7-20)21-10-13-8-17-11-19-13/h2-3,5-6,11,14,17,23H,1,4,7-10,12-13H2,(H,20,21);1-2,5,8,11,14H,3-4,6-7,9-10H2,(H,17,19). The predicted octanol–water partition coefficient (Wildman–Crippen LogP) is 5.66. The molecule has 45 heavy (non-hydrogen) atoms. The molecule has 0 bridgehead atoms. The molecule has 0 amide bonds. The summed E-state index contributed by atoms with van der Waals surface area (Å²) in [4.78, 5) is 23.1. The van der Waals surface area contributed by atoms with E-state index in [9.17, 15) is 5.11 Å². The van der Waals surface area contributed by atoms with Gasteiger partial charge in [0.25, 0.3) is 0 Å². The first-order valence-corrected chi connectivity index (χ1v) is 16.1. The van der Waals surface area contributed by atoms with E-state index in [1.54, 1.807) is 37.3 Å². The molecule has 0 unspecified atom stereocenters. The third kappa shape index (κ3) is 10.2. The molecule has 3 N–H and O–H groups in total. The Morgan fingerprint density at radius 2 is 1.40 bits per heavy atom. The van der Waals surface area contributed by atoms with Gasteiger partial charge >= 0.3 is 0 Å². The Bertz CT molecular complexity index is 1420. The lowest BCUT2D eigenvalue weighted by Gasteiger charge is -2.32. The molecule has 4 aromatic rings. The van der Waals surface area contributed by atoms with Crippen LogP contribution in [0.2, 0.25) is 5.15 Å². The van der Waals surface area contributed by atoms with Crippen LogP contribution in [0.25, 0.3) is 0 Å². The number of halogens is 1. The van der Waals surface area contributed by atoms with Crippen LogP contribution in [0.5, 0.6) is 5.75 Å². The smallest absolute Gasteiger partial charge is 0.133 e. The summed E-state index contributed by atoms with van der Waals surface area (Å²) < 4.78 is 11.9. The molecular weight excluding hydrogens is 590 g/mol. The number of aromatic hydroxyl groups is 1. The number of nitrogens with one attached hydrogen (secondary N) is 2. The van der Waals surface area contributed by atoms with E-state index in [4.69, 9.17) is 21.1 Å². The van der Waals surface area contributed by atoms with Crippen LogP contribution in [0, 0.1) is 0 Å². The second-order valence-corrected chi connectivity index (χ2v) is 11.9. The number of rotatable bonds is 12. The highest BCUT2D eigenvalue weighted by molar-refractivity contribution is 6.30. The molecule has 10 nitrogen and oxygen atoms in total. The van der Waals surface area contributed by atoms with Gasteiger partial charge in [0.05, 0.1) is 61.9 Å². The van der Waals surface area contributed by atoms with Gasteiger partial charge in [0.2, 0.25) is 0 Å². The second kappa shape index (κ2) is 17.2. The molecule has 2 saturated heterocycles. The summed E-state index contributed by atoms with van der Waals surface area (Å²) in [6.07, 6.45) is 16.0. The lowest BCUT2D eigenvalue weighted by molar-refractivity contribution is -0.00521. The summed E-state index contributed by atoms with van der Waals surface area (Å²) in [7, 11) is 0. The van der Waals surface area contributed by atoms with E-state index in [1.165, 1.54) is 5.56 Å². The number of pyridine rings is 1. The van der Waals surface area contributed by atoms with Crippen LogP contribution in [-0.4, -0.2) is 78.2 Å². The van der Waals surface area contributed by atoms with E-state index < -0.39 is 0 Å². The summed E-state index contributed by atoms with van der Waals surface area (Å²) in [6.45, 7) is 10.8. The van der Waals surface area contributed by atoms with E-state index >= 15 is 0 Å². The van der Waals surface area contributed by atoms with Crippen molar-refractivity contribution in [2.24, 2.45) is 0 Å². The number of H-pyrrole nitrogens is 2.